The number of rotatable bonds is 7. The Kier molecular flexibility index (Phi) is 4.95. The monoisotopic (exact) mass is 232 g/mol. The van der Waals surface area contributed by atoms with Crippen LogP contribution >= 0.6 is 0 Å². The van der Waals surface area contributed by atoms with Crippen molar-refractivity contribution in [1.29, 1.82) is 0 Å². The molecule has 1 N–H and O–H groups in total. The van der Waals surface area contributed by atoms with Crippen LogP contribution in [0.1, 0.15) is 31.7 Å². The van der Waals surface area contributed by atoms with Crippen molar-refractivity contribution < 1.29 is 9.90 Å². The first-order valence-electron chi connectivity index (χ1n) is 6.05. The quantitative estimate of drug-likeness (QED) is 0.728. The molecular weight excluding hydrogens is 212 g/mol. The molecule has 0 bridgehead atoms. The number of carbonyl (C=O) groups is 1. The van der Waals surface area contributed by atoms with E-state index in [-0.39, 0.29) is 0 Å². The molecule has 0 aliphatic rings. The van der Waals surface area contributed by atoms with Crippen LogP contribution in [0.2, 0.25) is 0 Å². The van der Waals surface area contributed by atoms with Crippen molar-refractivity contribution >= 4 is 5.97 Å². The first-order valence-corrected chi connectivity index (χ1v) is 6.05. The average Bonchev–Trinajstić information content (AvgIpc) is 2.35. The molecule has 17 heavy (non-hydrogen) atoms. The van der Waals surface area contributed by atoms with Gasteiger partial charge in [-0.05, 0) is 24.8 Å². The van der Waals surface area contributed by atoms with Crippen LogP contribution in [0.3, 0.4) is 0 Å². The highest BCUT2D eigenvalue weighted by Crippen LogP contribution is 2.31. The largest absolute Gasteiger partial charge is 0.481 e. The predicted octanol–water partition coefficient (Wildman–Crippen LogP) is 3.68. The summed E-state index contributed by atoms with van der Waals surface area (Å²) in [7, 11) is 0. The summed E-state index contributed by atoms with van der Waals surface area (Å²) in [5.41, 5.74) is 0.404. The molecule has 0 aliphatic carbocycles. The number of benzene rings is 1. The summed E-state index contributed by atoms with van der Waals surface area (Å²) in [6.45, 7) is 5.71. The van der Waals surface area contributed by atoms with Crippen LogP contribution in [-0.2, 0) is 11.2 Å². The summed E-state index contributed by atoms with van der Waals surface area (Å²) in [4.78, 5) is 11.4. The zero-order valence-electron chi connectivity index (χ0n) is 10.4. The van der Waals surface area contributed by atoms with Crippen LogP contribution in [0.25, 0.3) is 0 Å². The maximum absolute atomic E-state index is 11.4. The molecular formula is C15H20O2. The van der Waals surface area contributed by atoms with Gasteiger partial charge in [-0.3, -0.25) is 4.79 Å². The number of aliphatic carboxylic acids is 1. The maximum atomic E-state index is 11.4. The van der Waals surface area contributed by atoms with Crippen molar-refractivity contribution in [2.45, 2.75) is 32.6 Å². The molecule has 1 unspecified atom stereocenters. The van der Waals surface area contributed by atoms with E-state index in [0.29, 0.717) is 12.8 Å². The van der Waals surface area contributed by atoms with E-state index in [2.05, 4.69) is 6.58 Å². The number of aryl methyl sites for hydroxylation is 1. The van der Waals surface area contributed by atoms with Crippen LogP contribution in [0.5, 0.6) is 0 Å². The van der Waals surface area contributed by atoms with E-state index in [9.17, 15) is 9.90 Å². The van der Waals surface area contributed by atoms with Crippen molar-refractivity contribution in [3.8, 4) is 0 Å². The maximum Gasteiger partial charge on any atom is 0.313 e. The van der Waals surface area contributed by atoms with Crippen LogP contribution in [-0.4, -0.2) is 11.1 Å². The molecule has 0 aliphatic heterocycles. The SMILES string of the molecule is C=CC(CCC)(CCc1ccccc1)C(=O)O. The van der Waals surface area contributed by atoms with Crippen molar-refractivity contribution in [2.75, 3.05) is 0 Å². The van der Waals surface area contributed by atoms with E-state index in [1.165, 1.54) is 5.56 Å². The van der Waals surface area contributed by atoms with Gasteiger partial charge in [-0.1, -0.05) is 49.8 Å². The van der Waals surface area contributed by atoms with Crippen molar-refractivity contribution in [1.82, 2.24) is 0 Å². The highest BCUT2D eigenvalue weighted by Gasteiger charge is 2.33. The highest BCUT2D eigenvalue weighted by atomic mass is 16.4. The Morgan fingerprint density at radius 3 is 2.47 bits per heavy atom. The Morgan fingerprint density at radius 2 is 2.00 bits per heavy atom. The second-order valence-electron chi connectivity index (χ2n) is 4.40. The van der Waals surface area contributed by atoms with Gasteiger partial charge >= 0.3 is 5.97 Å². The standard InChI is InChI=1S/C15H20O2/c1-3-11-15(4-2,14(16)17)12-10-13-8-6-5-7-9-13/h4-9H,2-3,10-12H2,1H3,(H,16,17). The Hall–Kier alpha value is -1.57. The molecule has 0 amide bonds. The molecule has 1 aromatic rings. The van der Waals surface area contributed by atoms with Gasteiger partial charge in [0, 0.05) is 0 Å². The van der Waals surface area contributed by atoms with Gasteiger partial charge in [0.15, 0.2) is 0 Å². The molecule has 0 fully saturated rings. The third-order valence-corrected chi connectivity index (χ3v) is 3.22. The van der Waals surface area contributed by atoms with Gasteiger partial charge in [-0.15, -0.1) is 6.58 Å². The molecule has 0 heterocycles. The second-order valence-corrected chi connectivity index (χ2v) is 4.40. The molecule has 2 nitrogen and oxygen atoms in total. The highest BCUT2D eigenvalue weighted by molar-refractivity contribution is 5.76. The summed E-state index contributed by atoms with van der Waals surface area (Å²) < 4.78 is 0. The molecule has 1 aromatic carbocycles. The lowest BCUT2D eigenvalue weighted by Gasteiger charge is -2.25. The Labute approximate surface area is 103 Å². The lowest BCUT2D eigenvalue weighted by molar-refractivity contribution is -0.146. The van der Waals surface area contributed by atoms with Gasteiger partial charge in [0.1, 0.15) is 0 Å². The minimum absolute atomic E-state index is 0.615. The topological polar surface area (TPSA) is 37.3 Å². The van der Waals surface area contributed by atoms with E-state index in [1.807, 2.05) is 37.3 Å². The van der Waals surface area contributed by atoms with Gasteiger partial charge in [0.25, 0.3) is 0 Å². The molecule has 1 atom stereocenters. The van der Waals surface area contributed by atoms with Crippen LogP contribution in [0.4, 0.5) is 0 Å². The number of hydrogen-bond donors (Lipinski definition) is 1. The van der Waals surface area contributed by atoms with Gasteiger partial charge in [-0.2, -0.15) is 0 Å². The van der Waals surface area contributed by atoms with Crippen LogP contribution in [0, 0.1) is 5.41 Å². The lowest BCUT2D eigenvalue weighted by Crippen LogP contribution is -2.29. The molecule has 0 spiro atoms. The third-order valence-electron chi connectivity index (χ3n) is 3.22. The molecule has 92 valence electrons. The first kappa shape index (κ1) is 13.5. The van der Waals surface area contributed by atoms with Gasteiger partial charge in [-0.25, -0.2) is 0 Å². The van der Waals surface area contributed by atoms with Crippen molar-refractivity contribution in [2.24, 2.45) is 5.41 Å². The Balaban J connectivity index is 2.73. The van der Waals surface area contributed by atoms with E-state index in [0.717, 1.165) is 12.8 Å². The van der Waals surface area contributed by atoms with Crippen LogP contribution < -0.4 is 0 Å². The summed E-state index contributed by atoms with van der Waals surface area (Å²) in [6.07, 6.45) is 4.50. The average molecular weight is 232 g/mol. The zero-order valence-corrected chi connectivity index (χ0v) is 10.4. The Bertz CT molecular complexity index is 370. The molecule has 2 heteroatoms. The zero-order chi connectivity index (χ0) is 12.7. The summed E-state index contributed by atoms with van der Waals surface area (Å²) in [5.74, 6) is -0.759. The third kappa shape index (κ3) is 3.45. The minimum atomic E-state index is -0.773. The van der Waals surface area contributed by atoms with E-state index < -0.39 is 11.4 Å². The molecule has 1 rings (SSSR count). The fourth-order valence-corrected chi connectivity index (χ4v) is 2.09. The fraction of sp³-hybridized carbons (Fsp3) is 0.400. The molecule has 0 radical (unpaired) electrons. The predicted molar refractivity (Wildman–Crippen MR) is 69.9 cm³/mol. The summed E-state index contributed by atoms with van der Waals surface area (Å²) >= 11 is 0. The normalized spacial score (nSPS) is 13.9. The van der Waals surface area contributed by atoms with Crippen molar-refractivity contribution in [3.05, 3.63) is 48.6 Å². The van der Waals surface area contributed by atoms with E-state index in [4.69, 9.17) is 0 Å². The molecule has 0 saturated heterocycles. The second kappa shape index (κ2) is 6.24. The van der Waals surface area contributed by atoms with Crippen LogP contribution in [0.15, 0.2) is 43.0 Å². The van der Waals surface area contributed by atoms with Gasteiger partial charge in [0.2, 0.25) is 0 Å². The molecule has 0 saturated carbocycles. The molecule has 0 aromatic heterocycles. The number of carboxylic acids is 1. The minimum Gasteiger partial charge on any atom is -0.481 e. The smallest absolute Gasteiger partial charge is 0.313 e. The fourth-order valence-electron chi connectivity index (χ4n) is 2.09. The lowest BCUT2D eigenvalue weighted by atomic mass is 9.78. The number of hydrogen-bond acceptors (Lipinski definition) is 1. The Morgan fingerprint density at radius 1 is 1.35 bits per heavy atom. The van der Waals surface area contributed by atoms with Gasteiger partial charge < -0.3 is 5.11 Å². The van der Waals surface area contributed by atoms with E-state index >= 15 is 0 Å². The van der Waals surface area contributed by atoms with E-state index in [1.54, 1.807) is 6.08 Å². The van der Waals surface area contributed by atoms with Crippen molar-refractivity contribution in [3.63, 3.8) is 0 Å². The summed E-state index contributed by atoms with van der Waals surface area (Å²) in [6, 6.07) is 9.98. The summed E-state index contributed by atoms with van der Waals surface area (Å²) in [5, 5.41) is 9.36. The van der Waals surface area contributed by atoms with Gasteiger partial charge in [0.05, 0.1) is 5.41 Å². The number of carboxylic acid groups (broad SMARTS) is 1. The first-order chi connectivity index (χ1) is 8.14.